The molecule has 1 atom stereocenters. The van der Waals surface area contributed by atoms with Crippen LogP contribution in [0.25, 0.3) is 5.76 Å². The fourth-order valence-corrected chi connectivity index (χ4v) is 3.83. The molecule has 0 spiro atoms. The van der Waals surface area contributed by atoms with Gasteiger partial charge in [-0.2, -0.15) is 0 Å². The van der Waals surface area contributed by atoms with Crippen LogP contribution >= 0.6 is 11.6 Å². The lowest BCUT2D eigenvalue weighted by Crippen LogP contribution is -2.30. The fraction of sp³-hybridized carbons (Fsp3) is 0.333. The molecular weight excluding hydrogens is 386 g/mol. The van der Waals surface area contributed by atoms with Crippen molar-refractivity contribution in [2.45, 2.75) is 45.6 Å². The summed E-state index contributed by atoms with van der Waals surface area (Å²) in [6.45, 7) is 6.72. The second-order valence-corrected chi connectivity index (χ2v) is 8.11. The number of aliphatic hydroxyl groups excluding tert-OH is 1. The average Bonchev–Trinajstić information content (AvgIpc) is 2.96. The molecule has 0 aromatic heterocycles. The quantitative estimate of drug-likeness (QED) is 0.377. The minimum atomic E-state index is -0.656. The Kier molecular flexibility index (Phi) is 6.43. The number of Topliss-reactive ketones (excluding diaryl/α,β-unsaturated/α-hetero) is 1. The summed E-state index contributed by atoms with van der Waals surface area (Å²) in [5, 5.41) is 11.4. The van der Waals surface area contributed by atoms with Crippen LogP contribution in [0.3, 0.4) is 0 Å². The fourth-order valence-electron chi connectivity index (χ4n) is 3.64. The highest BCUT2D eigenvalue weighted by Crippen LogP contribution is 2.40. The van der Waals surface area contributed by atoms with Gasteiger partial charge in [-0.3, -0.25) is 9.59 Å². The number of amides is 1. The van der Waals surface area contributed by atoms with E-state index in [-0.39, 0.29) is 11.3 Å². The molecule has 5 heteroatoms. The van der Waals surface area contributed by atoms with Gasteiger partial charge in [0.2, 0.25) is 0 Å². The zero-order valence-electron chi connectivity index (χ0n) is 17.0. The second-order valence-electron chi connectivity index (χ2n) is 7.68. The maximum Gasteiger partial charge on any atom is 0.295 e. The number of halogens is 1. The molecule has 1 amide bonds. The molecule has 0 saturated carbocycles. The van der Waals surface area contributed by atoms with Crippen molar-refractivity contribution >= 4 is 29.1 Å². The van der Waals surface area contributed by atoms with Gasteiger partial charge >= 0.3 is 0 Å². The molecule has 152 valence electrons. The third-order valence-electron chi connectivity index (χ3n) is 5.31. The summed E-state index contributed by atoms with van der Waals surface area (Å²) in [6, 6.07) is 14.0. The molecule has 1 unspecified atom stereocenters. The Morgan fingerprint density at radius 2 is 1.83 bits per heavy atom. The van der Waals surface area contributed by atoms with Gasteiger partial charge in [0, 0.05) is 17.1 Å². The summed E-state index contributed by atoms with van der Waals surface area (Å²) in [6.07, 6.45) is 1.68. The van der Waals surface area contributed by atoms with Crippen molar-refractivity contribution in [3.05, 3.63) is 75.8 Å². The first-order valence-electron chi connectivity index (χ1n) is 9.99. The van der Waals surface area contributed by atoms with Gasteiger partial charge in [0.15, 0.2) is 0 Å². The van der Waals surface area contributed by atoms with E-state index in [2.05, 4.69) is 13.8 Å². The number of aliphatic hydroxyl groups is 1. The summed E-state index contributed by atoms with van der Waals surface area (Å²) in [4.78, 5) is 27.3. The van der Waals surface area contributed by atoms with E-state index in [0.717, 1.165) is 18.4 Å². The van der Waals surface area contributed by atoms with Gasteiger partial charge < -0.3 is 10.0 Å². The van der Waals surface area contributed by atoms with Crippen molar-refractivity contribution in [1.29, 1.82) is 0 Å². The van der Waals surface area contributed by atoms with E-state index in [0.29, 0.717) is 23.0 Å². The van der Waals surface area contributed by atoms with E-state index >= 15 is 0 Å². The zero-order chi connectivity index (χ0) is 21.1. The van der Waals surface area contributed by atoms with E-state index in [1.807, 2.05) is 31.2 Å². The third-order valence-corrected chi connectivity index (χ3v) is 5.54. The van der Waals surface area contributed by atoms with Crippen molar-refractivity contribution in [2.24, 2.45) is 0 Å². The Balaban J connectivity index is 2.14. The Morgan fingerprint density at radius 1 is 1.14 bits per heavy atom. The summed E-state index contributed by atoms with van der Waals surface area (Å²) in [5.74, 6) is -1.04. The number of carbonyl (C=O) groups excluding carboxylic acids is 2. The van der Waals surface area contributed by atoms with Crippen LogP contribution in [0.4, 0.5) is 0 Å². The van der Waals surface area contributed by atoms with Crippen molar-refractivity contribution in [3.8, 4) is 0 Å². The molecule has 29 heavy (non-hydrogen) atoms. The predicted octanol–water partition coefficient (Wildman–Crippen LogP) is 5.69. The first-order valence-corrected chi connectivity index (χ1v) is 10.4. The molecule has 1 saturated heterocycles. The van der Waals surface area contributed by atoms with E-state index in [4.69, 9.17) is 11.6 Å². The summed E-state index contributed by atoms with van der Waals surface area (Å²) in [7, 11) is 0. The van der Waals surface area contributed by atoms with Crippen LogP contribution in [0, 0.1) is 0 Å². The first-order chi connectivity index (χ1) is 13.8. The largest absolute Gasteiger partial charge is 0.507 e. The number of hydrogen-bond donors (Lipinski definition) is 1. The smallest absolute Gasteiger partial charge is 0.295 e. The summed E-state index contributed by atoms with van der Waals surface area (Å²) >= 11 is 6.06. The van der Waals surface area contributed by atoms with Crippen molar-refractivity contribution < 1.29 is 14.7 Å². The Bertz CT molecular complexity index is 947. The topological polar surface area (TPSA) is 57.6 Å². The standard InChI is InChI=1S/C24H26ClNO3/c1-4-5-13-26-21(17-11-9-16(10-12-17)15(2)3)20(23(28)24(26)29)22(27)18-7-6-8-19(25)14-18/h6-12,14-15,21,27H,4-5,13H2,1-3H3/b22-20-. The zero-order valence-corrected chi connectivity index (χ0v) is 17.7. The van der Waals surface area contributed by atoms with Gasteiger partial charge in [-0.25, -0.2) is 0 Å². The molecule has 2 aromatic carbocycles. The molecule has 1 heterocycles. The summed E-state index contributed by atoms with van der Waals surface area (Å²) in [5.41, 5.74) is 2.53. The minimum Gasteiger partial charge on any atom is -0.507 e. The number of ketones is 1. The number of carbonyl (C=O) groups is 2. The van der Waals surface area contributed by atoms with Gasteiger partial charge in [0.05, 0.1) is 11.6 Å². The van der Waals surface area contributed by atoms with Crippen molar-refractivity contribution in [3.63, 3.8) is 0 Å². The Hall–Kier alpha value is -2.59. The van der Waals surface area contributed by atoms with E-state index < -0.39 is 17.7 Å². The molecular formula is C24H26ClNO3. The Morgan fingerprint density at radius 3 is 2.41 bits per heavy atom. The van der Waals surface area contributed by atoms with Gasteiger partial charge in [0.25, 0.3) is 11.7 Å². The number of rotatable bonds is 6. The molecule has 4 nitrogen and oxygen atoms in total. The van der Waals surface area contributed by atoms with Crippen LogP contribution in [0.15, 0.2) is 54.1 Å². The molecule has 3 rings (SSSR count). The number of nitrogens with zero attached hydrogens (tertiary/aromatic N) is 1. The molecule has 1 aliphatic rings. The highest BCUT2D eigenvalue weighted by atomic mass is 35.5. The van der Waals surface area contributed by atoms with E-state index in [1.54, 1.807) is 29.2 Å². The normalized spacial score (nSPS) is 18.7. The van der Waals surface area contributed by atoms with Crippen LogP contribution in [-0.2, 0) is 9.59 Å². The van der Waals surface area contributed by atoms with Gasteiger partial charge in [-0.05, 0) is 35.6 Å². The Labute approximate surface area is 176 Å². The summed E-state index contributed by atoms with van der Waals surface area (Å²) < 4.78 is 0. The second kappa shape index (κ2) is 8.83. The number of hydrogen-bond acceptors (Lipinski definition) is 3. The first kappa shape index (κ1) is 21.1. The maximum atomic E-state index is 12.9. The molecule has 0 bridgehead atoms. The number of benzene rings is 2. The van der Waals surface area contributed by atoms with Crippen LogP contribution in [0.1, 0.15) is 62.3 Å². The van der Waals surface area contributed by atoms with Crippen molar-refractivity contribution in [2.75, 3.05) is 6.54 Å². The predicted molar refractivity (Wildman–Crippen MR) is 116 cm³/mol. The number of unbranched alkanes of at least 4 members (excludes halogenated alkanes) is 1. The molecule has 1 N–H and O–H groups in total. The van der Waals surface area contributed by atoms with Gasteiger partial charge in [-0.15, -0.1) is 0 Å². The van der Waals surface area contributed by atoms with E-state index in [1.165, 1.54) is 5.56 Å². The lowest BCUT2D eigenvalue weighted by atomic mass is 9.93. The number of likely N-dealkylation sites (tertiary alicyclic amines) is 1. The highest BCUT2D eigenvalue weighted by Gasteiger charge is 2.45. The van der Waals surface area contributed by atoms with Crippen molar-refractivity contribution in [1.82, 2.24) is 4.90 Å². The maximum absolute atomic E-state index is 12.9. The molecule has 1 aliphatic heterocycles. The minimum absolute atomic E-state index is 0.116. The monoisotopic (exact) mass is 411 g/mol. The molecule has 1 fully saturated rings. The molecule has 0 radical (unpaired) electrons. The lowest BCUT2D eigenvalue weighted by Gasteiger charge is -2.25. The molecule has 2 aromatic rings. The van der Waals surface area contributed by atoms with Crippen LogP contribution in [0.2, 0.25) is 5.02 Å². The SMILES string of the molecule is CCCCN1C(=O)C(=O)/C(=C(\O)c2cccc(Cl)c2)C1c1ccc(C(C)C)cc1. The van der Waals surface area contributed by atoms with Gasteiger partial charge in [-0.1, -0.05) is 75.2 Å². The van der Waals surface area contributed by atoms with E-state index in [9.17, 15) is 14.7 Å². The average molecular weight is 412 g/mol. The molecule has 0 aliphatic carbocycles. The van der Waals surface area contributed by atoms with Gasteiger partial charge in [0.1, 0.15) is 5.76 Å². The van der Waals surface area contributed by atoms with Crippen LogP contribution < -0.4 is 0 Å². The van der Waals surface area contributed by atoms with Crippen LogP contribution in [-0.4, -0.2) is 28.2 Å². The van der Waals surface area contributed by atoms with Crippen LogP contribution in [0.5, 0.6) is 0 Å². The highest BCUT2D eigenvalue weighted by molar-refractivity contribution is 6.46. The third kappa shape index (κ3) is 4.23. The lowest BCUT2D eigenvalue weighted by molar-refractivity contribution is -0.139.